The number of amides is 1. The molecule has 138 valence electrons. The van der Waals surface area contributed by atoms with Crippen LogP contribution in [0, 0.1) is 5.82 Å². The summed E-state index contributed by atoms with van der Waals surface area (Å²) in [5.74, 6) is -0.569. The first-order chi connectivity index (χ1) is 12.5. The maximum atomic E-state index is 13.4. The normalized spacial score (nSPS) is 18.3. The molecule has 1 fully saturated rings. The van der Waals surface area contributed by atoms with E-state index in [2.05, 4.69) is 14.9 Å². The fourth-order valence-electron chi connectivity index (χ4n) is 3.38. The van der Waals surface area contributed by atoms with Gasteiger partial charge < -0.3 is 9.88 Å². The molecule has 1 aromatic carbocycles. The summed E-state index contributed by atoms with van der Waals surface area (Å²) in [6.45, 7) is 2.14. The van der Waals surface area contributed by atoms with Gasteiger partial charge in [0.25, 0.3) is 11.5 Å². The lowest BCUT2D eigenvalue weighted by Crippen LogP contribution is -2.38. The van der Waals surface area contributed by atoms with E-state index >= 15 is 0 Å². The number of nitrogens with one attached hydrogen (secondary N) is 1. The topological polar surface area (TPSA) is 69.3 Å². The molecular formula is C19H23FN4O2. The number of carbonyl (C=O) groups excluding carboxylic acids is 1. The van der Waals surface area contributed by atoms with Gasteiger partial charge in [-0.3, -0.25) is 19.5 Å². The van der Waals surface area contributed by atoms with E-state index in [1.165, 1.54) is 18.3 Å². The highest BCUT2D eigenvalue weighted by Gasteiger charge is 2.25. The summed E-state index contributed by atoms with van der Waals surface area (Å²) in [7, 11) is 1.77. The van der Waals surface area contributed by atoms with E-state index in [1.54, 1.807) is 30.3 Å². The number of H-pyrrole nitrogens is 1. The van der Waals surface area contributed by atoms with Gasteiger partial charge in [0, 0.05) is 44.1 Å². The van der Waals surface area contributed by atoms with Crippen molar-refractivity contribution in [3.8, 4) is 0 Å². The molecule has 7 heteroatoms. The van der Waals surface area contributed by atoms with E-state index in [0.29, 0.717) is 17.8 Å². The molecule has 0 bridgehead atoms. The van der Waals surface area contributed by atoms with Crippen molar-refractivity contribution in [3.05, 3.63) is 64.1 Å². The zero-order valence-electron chi connectivity index (χ0n) is 14.8. The van der Waals surface area contributed by atoms with Crippen LogP contribution in [0.3, 0.4) is 0 Å². The number of hydrogen-bond donors (Lipinski definition) is 1. The first kappa shape index (κ1) is 18.3. The van der Waals surface area contributed by atoms with Crippen LogP contribution in [-0.4, -0.2) is 51.9 Å². The summed E-state index contributed by atoms with van der Waals surface area (Å²) in [6, 6.07) is 5.89. The van der Waals surface area contributed by atoms with Gasteiger partial charge in [-0.05, 0) is 44.0 Å². The average Bonchev–Trinajstić information content (AvgIpc) is 2.88. The van der Waals surface area contributed by atoms with Crippen molar-refractivity contribution in [2.24, 2.45) is 0 Å². The number of aromatic nitrogens is 2. The largest absolute Gasteiger partial charge is 0.339 e. The van der Waals surface area contributed by atoms with Gasteiger partial charge in [0.05, 0.1) is 0 Å². The number of hydrogen-bond acceptors (Lipinski definition) is 4. The van der Waals surface area contributed by atoms with Gasteiger partial charge in [0.15, 0.2) is 0 Å². The summed E-state index contributed by atoms with van der Waals surface area (Å²) in [5.41, 5.74) is 0.718. The maximum absolute atomic E-state index is 13.4. The molecule has 2 heterocycles. The summed E-state index contributed by atoms with van der Waals surface area (Å²) in [6.07, 6.45) is 5.73. The van der Waals surface area contributed by atoms with Gasteiger partial charge in [-0.1, -0.05) is 6.07 Å². The molecule has 26 heavy (non-hydrogen) atoms. The number of likely N-dealkylation sites (tertiary alicyclic amines) is 1. The second-order valence-electron chi connectivity index (χ2n) is 6.65. The lowest BCUT2D eigenvalue weighted by Gasteiger charge is -2.27. The Balaban J connectivity index is 1.62. The number of nitrogens with zero attached hydrogens (tertiary/aromatic N) is 3. The monoisotopic (exact) mass is 358 g/mol. The van der Waals surface area contributed by atoms with Crippen LogP contribution in [0.25, 0.3) is 0 Å². The summed E-state index contributed by atoms with van der Waals surface area (Å²) >= 11 is 0. The van der Waals surface area contributed by atoms with Crippen LogP contribution < -0.4 is 5.56 Å². The molecule has 3 rings (SSSR count). The molecule has 0 aliphatic carbocycles. The molecule has 1 aliphatic heterocycles. The Morgan fingerprint density at radius 3 is 3.00 bits per heavy atom. The van der Waals surface area contributed by atoms with Crippen molar-refractivity contribution in [2.45, 2.75) is 31.8 Å². The SMILES string of the molecule is CN(C(=O)c1cccc(F)c1)C1CCCN(Cc2ncc[nH]c2=O)CC1. The van der Waals surface area contributed by atoms with Gasteiger partial charge in [-0.2, -0.15) is 0 Å². The number of benzene rings is 1. The Kier molecular flexibility index (Phi) is 5.78. The first-order valence-corrected chi connectivity index (χ1v) is 8.82. The van der Waals surface area contributed by atoms with E-state index in [4.69, 9.17) is 0 Å². The lowest BCUT2D eigenvalue weighted by atomic mass is 10.1. The molecule has 0 radical (unpaired) electrons. The summed E-state index contributed by atoms with van der Waals surface area (Å²) in [5, 5.41) is 0. The van der Waals surface area contributed by atoms with Crippen molar-refractivity contribution in [1.29, 1.82) is 0 Å². The van der Waals surface area contributed by atoms with Crippen LogP contribution in [-0.2, 0) is 6.54 Å². The minimum Gasteiger partial charge on any atom is -0.339 e. The molecule has 1 N–H and O–H groups in total. The standard InChI is InChI=1S/C19H23FN4O2/c1-23(19(26)14-4-2-5-15(20)12-14)16-6-3-10-24(11-7-16)13-17-18(25)22-9-8-21-17/h2,4-5,8-9,12,16H,3,6-7,10-11,13H2,1H3,(H,22,25). The predicted molar refractivity (Wildman–Crippen MR) is 96.3 cm³/mol. The third-order valence-corrected chi connectivity index (χ3v) is 4.88. The fourth-order valence-corrected chi connectivity index (χ4v) is 3.38. The Morgan fingerprint density at radius 1 is 1.38 bits per heavy atom. The van der Waals surface area contributed by atoms with Crippen molar-refractivity contribution in [3.63, 3.8) is 0 Å². The molecule has 1 saturated heterocycles. The van der Waals surface area contributed by atoms with Crippen LogP contribution in [0.5, 0.6) is 0 Å². The highest BCUT2D eigenvalue weighted by Crippen LogP contribution is 2.19. The zero-order chi connectivity index (χ0) is 18.5. The molecule has 1 aromatic heterocycles. The van der Waals surface area contributed by atoms with Crippen LogP contribution in [0.2, 0.25) is 0 Å². The van der Waals surface area contributed by atoms with E-state index in [-0.39, 0.29) is 17.5 Å². The number of carbonyl (C=O) groups is 1. The Morgan fingerprint density at radius 2 is 2.23 bits per heavy atom. The van der Waals surface area contributed by atoms with Gasteiger partial charge in [-0.15, -0.1) is 0 Å². The molecular weight excluding hydrogens is 335 g/mol. The van der Waals surface area contributed by atoms with Crippen molar-refractivity contribution in [2.75, 3.05) is 20.1 Å². The van der Waals surface area contributed by atoms with Gasteiger partial charge in [0.2, 0.25) is 0 Å². The van der Waals surface area contributed by atoms with Crippen LogP contribution in [0.4, 0.5) is 4.39 Å². The van der Waals surface area contributed by atoms with E-state index in [1.807, 2.05) is 0 Å². The highest BCUT2D eigenvalue weighted by atomic mass is 19.1. The third-order valence-electron chi connectivity index (χ3n) is 4.88. The van der Waals surface area contributed by atoms with Crippen LogP contribution in [0.1, 0.15) is 35.3 Å². The average molecular weight is 358 g/mol. The molecule has 1 aliphatic rings. The minimum absolute atomic E-state index is 0.0952. The van der Waals surface area contributed by atoms with E-state index in [0.717, 1.165) is 32.4 Å². The van der Waals surface area contributed by atoms with Gasteiger partial charge in [-0.25, -0.2) is 4.39 Å². The number of rotatable bonds is 4. The molecule has 1 atom stereocenters. The molecule has 0 spiro atoms. The van der Waals surface area contributed by atoms with Crippen molar-refractivity contribution in [1.82, 2.24) is 19.8 Å². The van der Waals surface area contributed by atoms with E-state index in [9.17, 15) is 14.0 Å². The Labute approximate surface area is 151 Å². The maximum Gasteiger partial charge on any atom is 0.270 e. The Bertz CT molecular complexity index is 823. The zero-order valence-corrected chi connectivity index (χ0v) is 14.8. The summed E-state index contributed by atoms with van der Waals surface area (Å²) in [4.78, 5) is 35.1. The molecule has 0 saturated carbocycles. The highest BCUT2D eigenvalue weighted by molar-refractivity contribution is 5.94. The Hall–Kier alpha value is -2.54. The van der Waals surface area contributed by atoms with Gasteiger partial charge in [0.1, 0.15) is 11.5 Å². The summed E-state index contributed by atoms with van der Waals surface area (Å²) < 4.78 is 13.4. The third kappa shape index (κ3) is 4.35. The second-order valence-corrected chi connectivity index (χ2v) is 6.65. The lowest BCUT2D eigenvalue weighted by molar-refractivity contribution is 0.0717. The van der Waals surface area contributed by atoms with Crippen molar-refractivity contribution < 1.29 is 9.18 Å². The fraction of sp³-hybridized carbons (Fsp3) is 0.421. The second kappa shape index (κ2) is 8.23. The van der Waals surface area contributed by atoms with E-state index < -0.39 is 5.82 Å². The first-order valence-electron chi connectivity index (χ1n) is 8.82. The van der Waals surface area contributed by atoms with Crippen LogP contribution in [0.15, 0.2) is 41.5 Å². The predicted octanol–water partition coefficient (Wildman–Crippen LogP) is 2.04. The van der Waals surface area contributed by atoms with Gasteiger partial charge >= 0.3 is 0 Å². The van der Waals surface area contributed by atoms with Crippen LogP contribution >= 0.6 is 0 Å². The smallest absolute Gasteiger partial charge is 0.270 e. The molecule has 1 unspecified atom stereocenters. The molecule has 2 aromatic rings. The minimum atomic E-state index is -0.406. The number of aromatic amines is 1. The molecule has 1 amide bonds. The van der Waals surface area contributed by atoms with Crippen molar-refractivity contribution >= 4 is 5.91 Å². The number of halogens is 1. The molecule has 6 nitrogen and oxygen atoms in total. The quantitative estimate of drug-likeness (QED) is 0.908.